The molecule has 1 aliphatic rings. The molecule has 1 saturated heterocycles. The fourth-order valence-electron chi connectivity index (χ4n) is 4.40. The van der Waals surface area contributed by atoms with E-state index in [-0.39, 0.29) is 27.8 Å². The third kappa shape index (κ3) is 4.95. The molecule has 1 aromatic heterocycles. The molecule has 0 unspecified atom stereocenters. The highest BCUT2D eigenvalue weighted by Crippen LogP contribution is 2.36. The van der Waals surface area contributed by atoms with E-state index in [4.69, 9.17) is 0 Å². The Kier molecular flexibility index (Phi) is 7.62. The molecular weight excluding hydrogens is 506 g/mol. The van der Waals surface area contributed by atoms with Crippen LogP contribution in [0.3, 0.4) is 0 Å². The van der Waals surface area contributed by atoms with E-state index in [1.165, 1.54) is 24.3 Å². The van der Waals surface area contributed by atoms with Crippen LogP contribution in [0.15, 0.2) is 46.7 Å². The molecule has 4 rings (SSSR count). The van der Waals surface area contributed by atoms with Crippen LogP contribution in [0.25, 0.3) is 0 Å². The SMILES string of the molecule is CCNN(c1ccsc1C(=O)Nc1c(C)cc(F)c(N2CCCC2)c1C)S(=O)(=O)c1ccc(F)cc1. The van der Waals surface area contributed by atoms with Gasteiger partial charge in [0.15, 0.2) is 0 Å². The molecule has 36 heavy (non-hydrogen) atoms. The van der Waals surface area contributed by atoms with Gasteiger partial charge in [-0.2, -0.15) is 12.8 Å². The Morgan fingerprint density at radius 3 is 2.42 bits per heavy atom. The van der Waals surface area contributed by atoms with Crippen molar-refractivity contribution < 1.29 is 22.0 Å². The summed E-state index contributed by atoms with van der Waals surface area (Å²) in [5, 5.41) is 4.51. The molecule has 192 valence electrons. The lowest BCUT2D eigenvalue weighted by molar-refractivity contribution is 0.103. The number of thiophene rings is 1. The van der Waals surface area contributed by atoms with Crippen molar-refractivity contribution in [2.24, 2.45) is 0 Å². The first-order chi connectivity index (χ1) is 17.1. The van der Waals surface area contributed by atoms with Crippen LogP contribution in [0, 0.1) is 25.5 Å². The van der Waals surface area contributed by atoms with Crippen LogP contribution in [0.2, 0.25) is 0 Å². The van der Waals surface area contributed by atoms with Gasteiger partial charge >= 0.3 is 0 Å². The van der Waals surface area contributed by atoms with Gasteiger partial charge in [-0.3, -0.25) is 4.79 Å². The highest BCUT2D eigenvalue weighted by atomic mass is 32.2. The van der Waals surface area contributed by atoms with Crippen LogP contribution in [0.5, 0.6) is 0 Å². The second kappa shape index (κ2) is 10.5. The first-order valence-electron chi connectivity index (χ1n) is 11.6. The molecule has 11 heteroatoms. The molecule has 0 radical (unpaired) electrons. The third-order valence-corrected chi connectivity index (χ3v) is 8.65. The maximum absolute atomic E-state index is 14.9. The van der Waals surface area contributed by atoms with Gasteiger partial charge in [-0.25, -0.2) is 14.2 Å². The Bertz CT molecular complexity index is 1370. The number of hydrogen-bond donors (Lipinski definition) is 2. The summed E-state index contributed by atoms with van der Waals surface area (Å²) in [7, 11) is -4.15. The molecule has 2 aromatic carbocycles. The topological polar surface area (TPSA) is 81.8 Å². The number of rotatable bonds is 8. The molecule has 7 nitrogen and oxygen atoms in total. The molecule has 0 aliphatic carbocycles. The number of anilines is 3. The second-order valence-corrected chi connectivity index (χ2v) is 11.2. The van der Waals surface area contributed by atoms with Crippen molar-refractivity contribution >= 4 is 44.3 Å². The summed E-state index contributed by atoms with van der Waals surface area (Å²) >= 11 is 1.09. The molecule has 3 aromatic rings. The maximum atomic E-state index is 14.9. The largest absolute Gasteiger partial charge is 0.369 e. The van der Waals surface area contributed by atoms with Gasteiger partial charge in [0.25, 0.3) is 15.9 Å². The molecule has 0 bridgehead atoms. The van der Waals surface area contributed by atoms with E-state index in [0.717, 1.165) is 53.8 Å². The predicted molar refractivity (Wildman–Crippen MR) is 139 cm³/mol. The number of hydrogen-bond acceptors (Lipinski definition) is 6. The van der Waals surface area contributed by atoms with Crippen molar-refractivity contribution in [3.63, 3.8) is 0 Å². The van der Waals surface area contributed by atoms with Crippen molar-refractivity contribution in [1.82, 2.24) is 5.43 Å². The van der Waals surface area contributed by atoms with E-state index in [1.54, 1.807) is 26.2 Å². The van der Waals surface area contributed by atoms with Gasteiger partial charge in [0.05, 0.1) is 16.3 Å². The first kappa shape index (κ1) is 26.1. The summed E-state index contributed by atoms with van der Waals surface area (Å²) in [6, 6.07) is 7.42. The summed E-state index contributed by atoms with van der Waals surface area (Å²) in [6.07, 6.45) is 1.96. The zero-order valence-corrected chi connectivity index (χ0v) is 21.9. The van der Waals surface area contributed by atoms with Gasteiger partial charge < -0.3 is 10.2 Å². The van der Waals surface area contributed by atoms with E-state index in [2.05, 4.69) is 10.7 Å². The van der Waals surface area contributed by atoms with Gasteiger partial charge in [-0.05, 0) is 79.6 Å². The summed E-state index contributed by atoms with van der Waals surface area (Å²) in [5.41, 5.74) is 5.11. The van der Waals surface area contributed by atoms with E-state index in [9.17, 15) is 22.0 Å². The lowest BCUT2D eigenvalue weighted by Gasteiger charge is -2.25. The van der Waals surface area contributed by atoms with Crippen molar-refractivity contribution in [2.75, 3.05) is 34.3 Å². The number of carbonyl (C=O) groups is 1. The molecule has 0 saturated carbocycles. The Labute approximate surface area is 213 Å². The Morgan fingerprint density at radius 2 is 1.78 bits per heavy atom. The van der Waals surface area contributed by atoms with Crippen LogP contribution in [0.1, 0.15) is 40.6 Å². The molecule has 0 atom stereocenters. The van der Waals surface area contributed by atoms with Crippen LogP contribution < -0.4 is 20.1 Å². The minimum absolute atomic E-state index is 0.122. The summed E-state index contributed by atoms with van der Waals surface area (Å²) in [4.78, 5) is 15.4. The number of halogens is 2. The lowest BCUT2D eigenvalue weighted by atomic mass is 10.0. The maximum Gasteiger partial charge on any atom is 0.277 e. The molecular formula is C25H28F2N4O3S2. The highest BCUT2D eigenvalue weighted by molar-refractivity contribution is 7.92. The number of hydrazine groups is 1. The third-order valence-electron chi connectivity index (χ3n) is 6.08. The van der Waals surface area contributed by atoms with Crippen LogP contribution >= 0.6 is 11.3 Å². The lowest BCUT2D eigenvalue weighted by Crippen LogP contribution is -2.43. The van der Waals surface area contributed by atoms with E-state index in [0.29, 0.717) is 22.5 Å². The van der Waals surface area contributed by atoms with Crippen LogP contribution in [-0.4, -0.2) is 34.0 Å². The van der Waals surface area contributed by atoms with E-state index < -0.39 is 21.7 Å². The number of benzene rings is 2. The van der Waals surface area contributed by atoms with Gasteiger partial charge in [0.1, 0.15) is 16.5 Å². The monoisotopic (exact) mass is 534 g/mol. The van der Waals surface area contributed by atoms with Crippen molar-refractivity contribution in [1.29, 1.82) is 0 Å². The minimum Gasteiger partial charge on any atom is -0.369 e. The Balaban J connectivity index is 1.69. The van der Waals surface area contributed by atoms with Crippen molar-refractivity contribution in [2.45, 2.75) is 38.5 Å². The number of sulfonamides is 1. The standard InChI is InChI=1S/C25H28F2N4O3S2/c1-4-28-31(36(33,34)19-9-7-18(26)8-10-19)21-11-14-35-24(21)25(32)29-22-16(2)15-20(27)23(17(22)3)30-12-5-6-13-30/h7-11,14-15,28H,4-6,12-13H2,1-3H3,(H,29,32). The Morgan fingerprint density at radius 1 is 1.11 bits per heavy atom. The predicted octanol–water partition coefficient (Wildman–Crippen LogP) is 5.22. The molecule has 2 heterocycles. The smallest absolute Gasteiger partial charge is 0.277 e. The van der Waals surface area contributed by atoms with Crippen LogP contribution in [0.4, 0.5) is 25.8 Å². The quantitative estimate of drug-likeness (QED) is 0.388. The van der Waals surface area contributed by atoms with Crippen molar-refractivity contribution in [3.05, 3.63) is 69.4 Å². The zero-order chi connectivity index (χ0) is 26.0. The number of aryl methyl sites for hydroxylation is 1. The Hall–Kier alpha value is -3.02. The van der Waals surface area contributed by atoms with Gasteiger partial charge in [0.2, 0.25) is 0 Å². The van der Waals surface area contributed by atoms with E-state index in [1.807, 2.05) is 4.90 Å². The number of carbonyl (C=O) groups excluding carboxylic acids is 1. The zero-order valence-electron chi connectivity index (χ0n) is 20.3. The number of nitrogens with zero attached hydrogens (tertiary/aromatic N) is 2. The first-order valence-corrected chi connectivity index (χ1v) is 13.9. The average molecular weight is 535 g/mol. The molecule has 0 spiro atoms. The summed E-state index contributed by atoms with van der Waals surface area (Å²) in [5.74, 6) is -1.40. The molecule has 1 aliphatic heterocycles. The summed E-state index contributed by atoms with van der Waals surface area (Å²) < 4.78 is 55.9. The molecule has 1 amide bonds. The van der Waals surface area contributed by atoms with Crippen molar-refractivity contribution in [3.8, 4) is 0 Å². The molecule has 2 N–H and O–H groups in total. The highest BCUT2D eigenvalue weighted by Gasteiger charge is 2.30. The van der Waals surface area contributed by atoms with Gasteiger partial charge in [-0.1, -0.05) is 6.92 Å². The summed E-state index contributed by atoms with van der Waals surface area (Å²) in [6.45, 7) is 6.98. The fourth-order valence-corrected chi connectivity index (χ4v) is 6.63. The number of nitrogens with one attached hydrogen (secondary N) is 2. The van der Waals surface area contributed by atoms with E-state index >= 15 is 0 Å². The second-order valence-electron chi connectivity index (χ2n) is 8.54. The minimum atomic E-state index is -4.15. The normalized spacial score (nSPS) is 13.8. The van der Waals surface area contributed by atoms with Gasteiger partial charge in [0, 0.05) is 25.3 Å². The fraction of sp³-hybridized carbons (Fsp3) is 0.320. The van der Waals surface area contributed by atoms with Gasteiger partial charge in [-0.15, -0.1) is 11.3 Å². The van der Waals surface area contributed by atoms with Crippen LogP contribution in [-0.2, 0) is 10.0 Å². The number of amides is 1. The molecule has 1 fully saturated rings. The average Bonchev–Trinajstić information content (AvgIpc) is 3.53.